The van der Waals surface area contributed by atoms with Crippen molar-refractivity contribution in [3.8, 4) is 5.69 Å². The predicted molar refractivity (Wildman–Crippen MR) is 115 cm³/mol. The summed E-state index contributed by atoms with van der Waals surface area (Å²) in [6, 6.07) is 13.0. The molecule has 0 atom stereocenters. The highest BCUT2D eigenvalue weighted by atomic mass is 16.2. The molecule has 0 radical (unpaired) electrons. The highest BCUT2D eigenvalue weighted by Gasteiger charge is 2.28. The zero-order chi connectivity index (χ0) is 22.1. The highest BCUT2D eigenvalue weighted by molar-refractivity contribution is 6.03. The van der Waals surface area contributed by atoms with E-state index in [1.165, 1.54) is 9.70 Å². The molecule has 8 heteroatoms. The van der Waals surface area contributed by atoms with E-state index in [0.717, 1.165) is 22.4 Å². The molecule has 1 fully saturated rings. The molecule has 3 aromatic rings. The SMILES string of the molecule is Cc1ccc(-n2nc(C)c(C(=O)Nc3ccc(CN4C(=O)CCC4=O)cc3)n2)c(C)c1. The summed E-state index contributed by atoms with van der Waals surface area (Å²) < 4.78 is 0. The summed E-state index contributed by atoms with van der Waals surface area (Å²) in [5.74, 6) is -0.652. The zero-order valence-electron chi connectivity index (χ0n) is 17.7. The molecule has 0 aliphatic carbocycles. The average Bonchev–Trinajstić information content (AvgIpc) is 3.26. The lowest BCUT2D eigenvalue weighted by atomic mass is 10.1. The number of hydrogen-bond donors (Lipinski definition) is 1. The van der Waals surface area contributed by atoms with Crippen molar-refractivity contribution >= 4 is 23.4 Å². The second-order valence-electron chi connectivity index (χ2n) is 7.74. The normalized spacial score (nSPS) is 13.7. The Bertz CT molecular complexity index is 1160. The minimum absolute atomic E-state index is 0.148. The molecule has 1 aliphatic heterocycles. The van der Waals surface area contributed by atoms with E-state index in [1.54, 1.807) is 31.2 Å². The summed E-state index contributed by atoms with van der Waals surface area (Å²) in [6.45, 7) is 5.99. The van der Waals surface area contributed by atoms with Crippen LogP contribution in [0.5, 0.6) is 0 Å². The van der Waals surface area contributed by atoms with Gasteiger partial charge in [0.2, 0.25) is 11.8 Å². The van der Waals surface area contributed by atoms with Gasteiger partial charge in [-0.05, 0) is 50.1 Å². The van der Waals surface area contributed by atoms with Crippen LogP contribution in [0, 0.1) is 20.8 Å². The molecule has 158 valence electrons. The Balaban J connectivity index is 1.46. The molecule has 1 N–H and O–H groups in total. The first-order chi connectivity index (χ1) is 14.8. The third-order valence-corrected chi connectivity index (χ3v) is 5.27. The zero-order valence-corrected chi connectivity index (χ0v) is 17.7. The Morgan fingerprint density at radius 3 is 2.29 bits per heavy atom. The summed E-state index contributed by atoms with van der Waals surface area (Å²) in [5, 5.41) is 11.6. The summed E-state index contributed by atoms with van der Waals surface area (Å²) in [7, 11) is 0. The maximum absolute atomic E-state index is 12.7. The van der Waals surface area contributed by atoms with Gasteiger partial charge in [0.1, 0.15) is 0 Å². The molecule has 8 nitrogen and oxygen atoms in total. The minimum Gasteiger partial charge on any atom is -0.321 e. The number of aromatic nitrogens is 3. The van der Waals surface area contributed by atoms with Crippen LogP contribution in [0.4, 0.5) is 5.69 Å². The van der Waals surface area contributed by atoms with Crippen LogP contribution >= 0.6 is 0 Å². The summed E-state index contributed by atoms with van der Waals surface area (Å²) >= 11 is 0. The van der Waals surface area contributed by atoms with Gasteiger partial charge in [-0.15, -0.1) is 5.10 Å². The predicted octanol–water partition coefficient (Wildman–Crippen LogP) is 3.09. The highest BCUT2D eigenvalue weighted by Crippen LogP contribution is 2.19. The van der Waals surface area contributed by atoms with Gasteiger partial charge in [0.15, 0.2) is 5.69 Å². The molecule has 0 spiro atoms. The quantitative estimate of drug-likeness (QED) is 0.644. The summed E-state index contributed by atoms with van der Waals surface area (Å²) in [6.07, 6.45) is 0.546. The van der Waals surface area contributed by atoms with E-state index in [9.17, 15) is 14.4 Å². The largest absolute Gasteiger partial charge is 0.321 e. The van der Waals surface area contributed by atoms with Crippen LogP contribution in [0.25, 0.3) is 5.69 Å². The molecule has 1 aromatic heterocycles. The third-order valence-electron chi connectivity index (χ3n) is 5.27. The van der Waals surface area contributed by atoms with Gasteiger partial charge in [-0.25, -0.2) is 0 Å². The van der Waals surface area contributed by atoms with Crippen LogP contribution in [-0.4, -0.2) is 37.6 Å². The van der Waals surface area contributed by atoms with Gasteiger partial charge in [0.05, 0.1) is 17.9 Å². The van der Waals surface area contributed by atoms with Crippen molar-refractivity contribution < 1.29 is 14.4 Å². The number of rotatable bonds is 5. The third kappa shape index (κ3) is 4.23. The van der Waals surface area contributed by atoms with Crippen molar-refractivity contribution in [1.29, 1.82) is 0 Å². The van der Waals surface area contributed by atoms with Gasteiger partial charge < -0.3 is 5.32 Å². The van der Waals surface area contributed by atoms with Crippen molar-refractivity contribution in [2.45, 2.75) is 40.2 Å². The van der Waals surface area contributed by atoms with Gasteiger partial charge in [0, 0.05) is 18.5 Å². The standard InChI is InChI=1S/C23H23N5O3/c1-14-4-9-19(15(2)12-14)28-25-16(3)22(26-28)23(31)24-18-7-5-17(6-8-18)13-27-20(29)10-11-21(27)30/h4-9,12H,10-11,13H2,1-3H3,(H,24,31). The van der Waals surface area contributed by atoms with Crippen molar-refractivity contribution in [2.75, 3.05) is 5.32 Å². The molecule has 2 aromatic carbocycles. The van der Waals surface area contributed by atoms with Gasteiger partial charge in [-0.1, -0.05) is 29.8 Å². The number of hydrogen-bond acceptors (Lipinski definition) is 5. The summed E-state index contributed by atoms with van der Waals surface area (Å²) in [4.78, 5) is 39.0. The Hall–Kier alpha value is -3.81. The average molecular weight is 417 g/mol. The smallest absolute Gasteiger partial charge is 0.278 e. The maximum Gasteiger partial charge on any atom is 0.278 e. The topological polar surface area (TPSA) is 97.2 Å². The first kappa shape index (κ1) is 20.5. The fourth-order valence-electron chi connectivity index (χ4n) is 3.59. The number of nitrogens with zero attached hydrogens (tertiary/aromatic N) is 4. The second kappa shape index (κ2) is 8.14. The number of aryl methyl sites for hydroxylation is 3. The van der Waals surface area contributed by atoms with E-state index in [2.05, 4.69) is 15.5 Å². The molecule has 3 amide bonds. The number of carbonyl (C=O) groups excluding carboxylic acids is 3. The molecule has 0 saturated carbocycles. The molecular formula is C23H23N5O3. The number of amides is 3. The van der Waals surface area contributed by atoms with E-state index in [1.807, 2.05) is 32.0 Å². The Morgan fingerprint density at radius 2 is 1.65 bits per heavy atom. The first-order valence-electron chi connectivity index (χ1n) is 10.1. The fraction of sp³-hybridized carbons (Fsp3) is 0.261. The molecule has 31 heavy (non-hydrogen) atoms. The Kier molecular flexibility index (Phi) is 5.37. The van der Waals surface area contributed by atoms with Crippen LogP contribution in [0.3, 0.4) is 0 Å². The lowest BCUT2D eigenvalue weighted by molar-refractivity contribution is -0.139. The van der Waals surface area contributed by atoms with Crippen LogP contribution in [-0.2, 0) is 16.1 Å². The van der Waals surface area contributed by atoms with Crippen molar-refractivity contribution in [3.05, 3.63) is 70.5 Å². The van der Waals surface area contributed by atoms with Crippen LogP contribution in [0.2, 0.25) is 0 Å². The van der Waals surface area contributed by atoms with Gasteiger partial charge in [-0.2, -0.15) is 9.90 Å². The molecule has 1 aliphatic rings. The van der Waals surface area contributed by atoms with E-state index in [-0.39, 0.29) is 42.8 Å². The van der Waals surface area contributed by atoms with Gasteiger partial charge >= 0.3 is 0 Å². The maximum atomic E-state index is 12.7. The number of imide groups is 1. The van der Waals surface area contributed by atoms with Crippen LogP contribution < -0.4 is 5.32 Å². The Labute approximate surface area is 179 Å². The monoisotopic (exact) mass is 417 g/mol. The van der Waals surface area contributed by atoms with E-state index >= 15 is 0 Å². The number of benzene rings is 2. The first-order valence-corrected chi connectivity index (χ1v) is 10.1. The minimum atomic E-state index is -0.355. The molecule has 2 heterocycles. The van der Waals surface area contributed by atoms with Crippen molar-refractivity contribution in [2.24, 2.45) is 0 Å². The number of nitrogens with one attached hydrogen (secondary N) is 1. The molecular weight excluding hydrogens is 394 g/mol. The van der Waals surface area contributed by atoms with Crippen LogP contribution in [0.1, 0.15) is 45.7 Å². The number of carbonyl (C=O) groups is 3. The van der Waals surface area contributed by atoms with Crippen LogP contribution in [0.15, 0.2) is 42.5 Å². The van der Waals surface area contributed by atoms with E-state index < -0.39 is 0 Å². The molecule has 4 rings (SSSR count). The molecule has 1 saturated heterocycles. The number of likely N-dealkylation sites (tertiary alicyclic amines) is 1. The van der Waals surface area contributed by atoms with Crippen molar-refractivity contribution in [3.63, 3.8) is 0 Å². The van der Waals surface area contributed by atoms with E-state index in [4.69, 9.17) is 0 Å². The van der Waals surface area contributed by atoms with Crippen molar-refractivity contribution in [1.82, 2.24) is 19.9 Å². The molecule has 0 bridgehead atoms. The van der Waals surface area contributed by atoms with Gasteiger partial charge in [-0.3, -0.25) is 19.3 Å². The lowest BCUT2D eigenvalue weighted by Crippen LogP contribution is -2.28. The second-order valence-corrected chi connectivity index (χ2v) is 7.74. The van der Waals surface area contributed by atoms with E-state index in [0.29, 0.717) is 11.4 Å². The lowest BCUT2D eigenvalue weighted by Gasteiger charge is -2.14. The summed E-state index contributed by atoms with van der Waals surface area (Å²) in [5.41, 5.74) is 5.17. The Morgan fingerprint density at radius 1 is 0.968 bits per heavy atom. The van der Waals surface area contributed by atoms with Gasteiger partial charge in [0.25, 0.3) is 5.91 Å². The fourth-order valence-corrected chi connectivity index (χ4v) is 3.59. The molecule has 0 unspecified atom stereocenters. The number of anilines is 1.